The van der Waals surface area contributed by atoms with E-state index in [4.69, 9.17) is 16.3 Å². The summed E-state index contributed by atoms with van der Waals surface area (Å²) in [6, 6.07) is 14.1. The first-order chi connectivity index (χ1) is 20.2. The number of sulfonamides is 2. The maximum absolute atomic E-state index is 13.4. The summed E-state index contributed by atoms with van der Waals surface area (Å²) in [5.41, 5.74) is 0.509. The molecule has 4 rings (SSSR count). The van der Waals surface area contributed by atoms with Crippen molar-refractivity contribution >= 4 is 43.2 Å². The number of hydrogen-bond donors (Lipinski definition) is 2. The van der Waals surface area contributed by atoms with E-state index in [9.17, 15) is 31.1 Å². The third-order valence-electron chi connectivity index (χ3n) is 7.25. The monoisotopic (exact) mass is 653 g/mol. The minimum atomic E-state index is -4.07. The number of aliphatic hydroxyl groups is 1. The summed E-state index contributed by atoms with van der Waals surface area (Å²) in [5.74, 6) is -0.988. The molecule has 0 saturated heterocycles. The highest BCUT2D eigenvalue weighted by atomic mass is 35.5. The molecule has 3 aromatic carbocycles. The molecule has 0 unspecified atom stereocenters. The van der Waals surface area contributed by atoms with Crippen molar-refractivity contribution in [2.45, 2.75) is 42.2 Å². The number of benzene rings is 3. The zero-order valence-corrected chi connectivity index (χ0v) is 26.2. The Balaban J connectivity index is 1.68. The summed E-state index contributed by atoms with van der Waals surface area (Å²) >= 11 is 5.93. The van der Waals surface area contributed by atoms with Gasteiger partial charge in [-0.2, -0.15) is 4.31 Å². The highest BCUT2D eigenvalue weighted by molar-refractivity contribution is 7.92. The van der Waals surface area contributed by atoms with E-state index in [0.717, 1.165) is 24.3 Å². The van der Waals surface area contributed by atoms with Crippen molar-refractivity contribution in [1.29, 1.82) is 0 Å². The highest BCUT2D eigenvalue weighted by Gasteiger charge is 2.33. The summed E-state index contributed by atoms with van der Waals surface area (Å²) in [6.45, 7) is 3.34. The zero-order chi connectivity index (χ0) is 31.5. The van der Waals surface area contributed by atoms with Gasteiger partial charge in [0.05, 0.1) is 35.4 Å². The Labute approximate surface area is 256 Å². The van der Waals surface area contributed by atoms with Crippen molar-refractivity contribution in [1.82, 2.24) is 9.21 Å². The van der Waals surface area contributed by atoms with Crippen LogP contribution in [0.5, 0.6) is 5.75 Å². The van der Waals surface area contributed by atoms with E-state index in [2.05, 4.69) is 4.72 Å². The highest BCUT2D eigenvalue weighted by Crippen LogP contribution is 2.31. The van der Waals surface area contributed by atoms with Crippen LogP contribution in [-0.2, 0) is 31.3 Å². The van der Waals surface area contributed by atoms with Crippen molar-refractivity contribution in [2.24, 2.45) is 5.92 Å². The number of fused-ring (bicyclic) bond motifs is 1. The number of nitrogens with one attached hydrogen (secondary N) is 1. The molecule has 0 bridgehead atoms. The molecule has 3 aromatic rings. The SMILES string of the molecule is C[C@@H]1CN([C@H](C)CO)C(=O)Cc2cc(NS(=O)(=O)c3ccc(F)cc3)ccc2O[C@@H]1CN(C)S(=O)(=O)c1ccc(Cl)cc1. The Morgan fingerprint density at radius 1 is 1.07 bits per heavy atom. The molecule has 1 amide bonds. The lowest BCUT2D eigenvalue weighted by molar-refractivity contribution is -0.134. The van der Waals surface area contributed by atoms with Crippen LogP contribution in [0.1, 0.15) is 19.4 Å². The predicted octanol–water partition coefficient (Wildman–Crippen LogP) is 3.75. The second-order valence-electron chi connectivity index (χ2n) is 10.5. The first-order valence-corrected chi connectivity index (χ1v) is 16.7. The number of aliphatic hydroxyl groups excluding tert-OH is 1. The number of carbonyl (C=O) groups excluding carboxylic acids is 1. The van der Waals surface area contributed by atoms with Crippen molar-refractivity contribution in [3.05, 3.63) is 83.1 Å². The molecule has 1 heterocycles. The van der Waals surface area contributed by atoms with E-state index in [-0.39, 0.29) is 59.2 Å². The topological polar surface area (TPSA) is 133 Å². The van der Waals surface area contributed by atoms with Gasteiger partial charge in [0.1, 0.15) is 17.7 Å². The van der Waals surface area contributed by atoms with Gasteiger partial charge in [-0.05, 0) is 73.7 Å². The molecule has 0 aromatic heterocycles. The molecular formula is C29H33ClFN3O7S2. The number of amides is 1. The number of rotatable bonds is 9. The Morgan fingerprint density at radius 3 is 2.33 bits per heavy atom. The van der Waals surface area contributed by atoms with Crippen LogP contribution in [0.25, 0.3) is 0 Å². The molecule has 0 spiro atoms. The number of nitrogens with zero attached hydrogens (tertiary/aromatic N) is 2. The third kappa shape index (κ3) is 7.65. The maximum atomic E-state index is 13.4. The summed E-state index contributed by atoms with van der Waals surface area (Å²) in [4.78, 5) is 14.9. The van der Waals surface area contributed by atoms with E-state index in [1.807, 2.05) is 6.92 Å². The maximum Gasteiger partial charge on any atom is 0.261 e. The number of carbonyl (C=O) groups is 1. The van der Waals surface area contributed by atoms with Gasteiger partial charge in [-0.1, -0.05) is 18.5 Å². The second-order valence-corrected chi connectivity index (χ2v) is 14.7. The van der Waals surface area contributed by atoms with Crippen LogP contribution in [0, 0.1) is 11.7 Å². The third-order valence-corrected chi connectivity index (χ3v) is 10.7. The molecule has 14 heteroatoms. The van der Waals surface area contributed by atoms with E-state index < -0.39 is 38.0 Å². The molecule has 10 nitrogen and oxygen atoms in total. The number of halogens is 2. The van der Waals surface area contributed by atoms with Crippen LogP contribution in [0.2, 0.25) is 5.02 Å². The average molecular weight is 654 g/mol. The smallest absolute Gasteiger partial charge is 0.261 e. The van der Waals surface area contributed by atoms with Crippen LogP contribution < -0.4 is 9.46 Å². The Bertz CT molecular complexity index is 1670. The molecule has 43 heavy (non-hydrogen) atoms. The fourth-order valence-electron chi connectivity index (χ4n) is 4.68. The van der Waals surface area contributed by atoms with Crippen molar-refractivity contribution in [3.63, 3.8) is 0 Å². The first kappa shape index (κ1) is 32.7. The van der Waals surface area contributed by atoms with Gasteiger partial charge in [-0.3, -0.25) is 9.52 Å². The first-order valence-electron chi connectivity index (χ1n) is 13.4. The Hall–Kier alpha value is -3.23. The van der Waals surface area contributed by atoms with E-state index in [1.165, 1.54) is 58.7 Å². The molecular weight excluding hydrogens is 621 g/mol. The van der Waals surface area contributed by atoms with Gasteiger partial charge in [0.15, 0.2) is 0 Å². The van der Waals surface area contributed by atoms with Crippen molar-refractivity contribution in [2.75, 3.05) is 31.5 Å². The molecule has 0 radical (unpaired) electrons. The van der Waals surface area contributed by atoms with E-state index >= 15 is 0 Å². The lowest BCUT2D eigenvalue weighted by Gasteiger charge is -2.33. The van der Waals surface area contributed by atoms with Gasteiger partial charge < -0.3 is 14.7 Å². The molecule has 2 N–H and O–H groups in total. The van der Waals surface area contributed by atoms with Crippen molar-refractivity contribution < 1.29 is 35.9 Å². The van der Waals surface area contributed by atoms with E-state index in [1.54, 1.807) is 6.92 Å². The number of anilines is 1. The van der Waals surface area contributed by atoms with Gasteiger partial charge in [0.25, 0.3) is 10.0 Å². The normalized spacial score (nSPS) is 18.7. The van der Waals surface area contributed by atoms with Gasteiger partial charge in [0, 0.05) is 35.8 Å². The quantitative estimate of drug-likeness (QED) is 0.359. The van der Waals surface area contributed by atoms with E-state index in [0.29, 0.717) is 10.6 Å². The number of likely N-dealkylation sites (N-methyl/N-ethyl adjacent to an activating group) is 1. The molecule has 3 atom stereocenters. The van der Waals surface area contributed by atoms with Crippen LogP contribution in [0.15, 0.2) is 76.5 Å². The Morgan fingerprint density at radius 2 is 1.70 bits per heavy atom. The molecule has 0 fully saturated rings. The molecule has 0 saturated carbocycles. The Kier molecular flexibility index (Phi) is 10.0. The minimum absolute atomic E-state index is 0.0549. The number of ether oxygens (including phenoxy) is 1. The van der Waals surface area contributed by atoms with Crippen LogP contribution in [-0.4, -0.2) is 75.9 Å². The average Bonchev–Trinajstić information content (AvgIpc) is 3.00. The molecule has 232 valence electrons. The van der Waals surface area contributed by atoms with Gasteiger partial charge in [-0.15, -0.1) is 0 Å². The molecule has 1 aliphatic heterocycles. The molecule has 0 aliphatic carbocycles. The van der Waals surface area contributed by atoms with Gasteiger partial charge in [0.2, 0.25) is 15.9 Å². The van der Waals surface area contributed by atoms with Crippen molar-refractivity contribution in [3.8, 4) is 5.75 Å². The summed E-state index contributed by atoms with van der Waals surface area (Å²) in [7, 11) is -6.55. The summed E-state index contributed by atoms with van der Waals surface area (Å²) in [6.07, 6.45) is -0.892. The largest absolute Gasteiger partial charge is 0.488 e. The van der Waals surface area contributed by atoms with Crippen LogP contribution >= 0.6 is 11.6 Å². The second kappa shape index (κ2) is 13.2. The lowest BCUT2D eigenvalue weighted by Crippen LogP contribution is -2.48. The fourth-order valence-corrected chi connectivity index (χ4v) is 7.04. The summed E-state index contributed by atoms with van der Waals surface area (Å²) < 4.78 is 75.8. The zero-order valence-electron chi connectivity index (χ0n) is 23.8. The van der Waals surface area contributed by atoms with Crippen LogP contribution in [0.3, 0.4) is 0 Å². The van der Waals surface area contributed by atoms with Crippen LogP contribution in [0.4, 0.5) is 10.1 Å². The standard InChI is InChI=1S/C29H33ClFN3O7S2/c1-19-16-34(20(2)18-35)29(36)15-21-14-24(32-42(37,38)25-11-6-23(31)7-12-25)8-13-27(21)41-28(19)17-33(3)43(39,40)26-9-4-22(30)5-10-26/h4-14,19-20,28,32,35H,15-18H2,1-3H3/t19-,20-,28-/m1/s1. The van der Waals surface area contributed by atoms with Gasteiger partial charge in [-0.25, -0.2) is 21.2 Å². The van der Waals surface area contributed by atoms with Gasteiger partial charge >= 0.3 is 0 Å². The summed E-state index contributed by atoms with van der Waals surface area (Å²) in [5, 5.41) is 10.3. The minimum Gasteiger partial charge on any atom is -0.488 e. The predicted molar refractivity (Wildman–Crippen MR) is 160 cm³/mol. The fraction of sp³-hybridized carbons (Fsp3) is 0.345. The molecule has 1 aliphatic rings. The lowest BCUT2D eigenvalue weighted by atomic mass is 10.0. The number of hydrogen-bond acceptors (Lipinski definition) is 7.